The van der Waals surface area contributed by atoms with E-state index in [9.17, 15) is 9.59 Å². The van der Waals surface area contributed by atoms with Gasteiger partial charge in [0.15, 0.2) is 4.77 Å². The predicted molar refractivity (Wildman–Crippen MR) is 112 cm³/mol. The SMILES string of the molecule is O=C(CCCCCn1c(=S)[nH]c2ccc(Br)cc2c1=O)NC[C@H]1CCCO1. The van der Waals surface area contributed by atoms with Crippen molar-refractivity contribution >= 4 is 45.0 Å². The summed E-state index contributed by atoms with van der Waals surface area (Å²) in [6.07, 6.45) is 5.24. The standard InChI is InChI=1S/C19H24BrN3O3S/c20-13-7-8-16-15(11-13)18(25)23(19(27)22-16)9-3-1-2-6-17(24)21-12-14-5-4-10-26-14/h7-8,11,14H,1-6,9-10,12H2,(H,21,24)(H,22,27)/t14-/m1/s1. The highest BCUT2D eigenvalue weighted by Gasteiger charge is 2.15. The number of hydrogen-bond donors (Lipinski definition) is 2. The molecule has 3 rings (SSSR count). The van der Waals surface area contributed by atoms with E-state index in [1.54, 1.807) is 10.6 Å². The second kappa shape index (κ2) is 9.61. The van der Waals surface area contributed by atoms with Crippen LogP contribution in [-0.4, -0.2) is 34.7 Å². The first kappa shape index (κ1) is 20.2. The van der Waals surface area contributed by atoms with Crippen molar-refractivity contribution < 1.29 is 9.53 Å². The lowest BCUT2D eigenvalue weighted by Crippen LogP contribution is -2.31. The molecule has 1 aromatic carbocycles. The molecule has 0 radical (unpaired) electrons. The number of aromatic amines is 1. The summed E-state index contributed by atoms with van der Waals surface area (Å²) in [4.78, 5) is 27.6. The first-order chi connectivity index (χ1) is 13.0. The average molecular weight is 454 g/mol. The maximum absolute atomic E-state index is 12.7. The molecule has 0 aliphatic carbocycles. The van der Waals surface area contributed by atoms with Crippen LogP contribution in [0.2, 0.25) is 0 Å². The van der Waals surface area contributed by atoms with E-state index in [1.807, 2.05) is 12.1 Å². The third-order valence-electron chi connectivity index (χ3n) is 4.78. The number of hydrogen-bond acceptors (Lipinski definition) is 4. The molecule has 1 aliphatic heterocycles. The summed E-state index contributed by atoms with van der Waals surface area (Å²) in [5.41, 5.74) is 0.664. The van der Waals surface area contributed by atoms with Crippen molar-refractivity contribution in [1.82, 2.24) is 14.9 Å². The molecule has 146 valence electrons. The summed E-state index contributed by atoms with van der Waals surface area (Å²) < 4.78 is 8.39. The summed E-state index contributed by atoms with van der Waals surface area (Å²) in [6.45, 7) is 1.96. The number of aromatic nitrogens is 2. The van der Waals surface area contributed by atoms with E-state index in [1.165, 1.54) is 0 Å². The fraction of sp³-hybridized carbons (Fsp3) is 0.526. The fourth-order valence-corrected chi connectivity index (χ4v) is 3.92. The van der Waals surface area contributed by atoms with Crippen molar-refractivity contribution in [3.8, 4) is 0 Å². The number of halogens is 1. The first-order valence-electron chi connectivity index (χ1n) is 9.35. The molecule has 0 bridgehead atoms. The number of fused-ring (bicyclic) bond motifs is 1. The highest BCUT2D eigenvalue weighted by atomic mass is 79.9. The molecule has 1 saturated heterocycles. The molecule has 1 aromatic heterocycles. The number of H-pyrrole nitrogens is 1. The largest absolute Gasteiger partial charge is 0.376 e. The van der Waals surface area contributed by atoms with Crippen LogP contribution in [-0.2, 0) is 16.1 Å². The van der Waals surface area contributed by atoms with Crippen LogP contribution in [0.25, 0.3) is 10.9 Å². The monoisotopic (exact) mass is 453 g/mol. The highest BCUT2D eigenvalue weighted by Crippen LogP contribution is 2.15. The molecule has 1 fully saturated rings. The zero-order valence-electron chi connectivity index (χ0n) is 15.1. The Kier molecular flexibility index (Phi) is 7.20. The quantitative estimate of drug-likeness (QED) is 0.472. The van der Waals surface area contributed by atoms with E-state index >= 15 is 0 Å². The Morgan fingerprint density at radius 3 is 3.00 bits per heavy atom. The molecule has 2 N–H and O–H groups in total. The second-order valence-corrected chi connectivity index (χ2v) is 8.13. The lowest BCUT2D eigenvalue weighted by atomic mass is 10.1. The minimum Gasteiger partial charge on any atom is -0.376 e. The van der Waals surface area contributed by atoms with Crippen molar-refractivity contribution in [2.75, 3.05) is 13.2 Å². The topological polar surface area (TPSA) is 76.1 Å². The van der Waals surface area contributed by atoms with E-state index in [2.05, 4.69) is 26.2 Å². The van der Waals surface area contributed by atoms with Crippen LogP contribution in [0.4, 0.5) is 0 Å². The van der Waals surface area contributed by atoms with E-state index in [0.717, 1.165) is 48.7 Å². The molecule has 27 heavy (non-hydrogen) atoms. The van der Waals surface area contributed by atoms with Gasteiger partial charge in [0, 0.05) is 30.6 Å². The number of nitrogens with one attached hydrogen (secondary N) is 2. The van der Waals surface area contributed by atoms with E-state index in [-0.39, 0.29) is 17.6 Å². The number of unbranched alkanes of at least 4 members (excludes halogenated alkanes) is 2. The van der Waals surface area contributed by atoms with Crippen molar-refractivity contribution in [1.29, 1.82) is 0 Å². The predicted octanol–water partition coefficient (Wildman–Crippen LogP) is 3.68. The van der Waals surface area contributed by atoms with Crippen LogP contribution in [0.15, 0.2) is 27.5 Å². The lowest BCUT2D eigenvalue weighted by molar-refractivity contribution is -0.121. The Labute approximate surface area is 171 Å². The van der Waals surface area contributed by atoms with Crippen LogP contribution in [0.3, 0.4) is 0 Å². The van der Waals surface area contributed by atoms with Gasteiger partial charge in [-0.1, -0.05) is 22.4 Å². The summed E-state index contributed by atoms with van der Waals surface area (Å²) >= 11 is 8.72. The Hall–Kier alpha value is -1.51. The van der Waals surface area contributed by atoms with Crippen LogP contribution in [0, 0.1) is 4.77 Å². The van der Waals surface area contributed by atoms with Gasteiger partial charge < -0.3 is 15.0 Å². The van der Waals surface area contributed by atoms with Crippen LogP contribution < -0.4 is 10.9 Å². The van der Waals surface area contributed by atoms with Crippen LogP contribution >= 0.6 is 28.1 Å². The average Bonchev–Trinajstić information content (AvgIpc) is 3.16. The third kappa shape index (κ3) is 5.49. The Morgan fingerprint density at radius 1 is 1.37 bits per heavy atom. The van der Waals surface area contributed by atoms with Gasteiger partial charge in [-0.15, -0.1) is 0 Å². The van der Waals surface area contributed by atoms with Crippen molar-refractivity contribution in [3.05, 3.63) is 37.8 Å². The maximum atomic E-state index is 12.7. The van der Waals surface area contributed by atoms with Gasteiger partial charge in [0.1, 0.15) is 0 Å². The normalized spacial score (nSPS) is 16.7. The smallest absolute Gasteiger partial charge is 0.262 e. The number of rotatable bonds is 8. The molecule has 1 atom stereocenters. The van der Waals surface area contributed by atoms with Crippen molar-refractivity contribution in [2.45, 2.75) is 51.2 Å². The van der Waals surface area contributed by atoms with Gasteiger partial charge in [0.25, 0.3) is 5.56 Å². The Bertz CT molecular complexity index is 919. The molecular weight excluding hydrogens is 430 g/mol. The third-order valence-corrected chi connectivity index (χ3v) is 5.60. The van der Waals surface area contributed by atoms with Gasteiger partial charge >= 0.3 is 0 Å². The molecule has 6 nitrogen and oxygen atoms in total. The lowest BCUT2D eigenvalue weighted by Gasteiger charge is -2.11. The molecule has 8 heteroatoms. The van der Waals surface area contributed by atoms with Gasteiger partial charge in [-0.05, 0) is 56.1 Å². The molecule has 1 amide bonds. The Balaban J connectivity index is 1.45. The maximum Gasteiger partial charge on any atom is 0.262 e. The van der Waals surface area contributed by atoms with E-state index in [4.69, 9.17) is 17.0 Å². The highest BCUT2D eigenvalue weighted by molar-refractivity contribution is 9.10. The molecular formula is C19H24BrN3O3S. The molecule has 1 aliphatic rings. The zero-order valence-corrected chi connectivity index (χ0v) is 17.5. The van der Waals surface area contributed by atoms with Gasteiger partial charge in [0.2, 0.25) is 5.91 Å². The number of nitrogens with zero attached hydrogens (tertiary/aromatic N) is 1. The minimum atomic E-state index is -0.0793. The molecule has 0 unspecified atom stereocenters. The molecule has 0 saturated carbocycles. The van der Waals surface area contributed by atoms with Crippen molar-refractivity contribution in [3.63, 3.8) is 0 Å². The number of carbonyl (C=O) groups is 1. The van der Waals surface area contributed by atoms with Crippen LogP contribution in [0.5, 0.6) is 0 Å². The van der Waals surface area contributed by atoms with Gasteiger partial charge in [-0.25, -0.2) is 0 Å². The fourth-order valence-electron chi connectivity index (χ4n) is 3.28. The zero-order chi connectivity index (χ0) is 19.2. The number of amides is 1. The summed E-state index contributed by atoms with van der Waals surface area (Å²) in [5, 5.41) is 3.55. The van der Waals surface area contributed by atoms with E-state index < -0.39 is 0 Å². The van der Waals surface area contributed by atoms with Gasteiger partial charge in [-0.3, -0.25) is 14.2 Å². The van der Waals surface area contributed by atoms with Gasteiger partial charge in [0.05, 0.1) is 17.0 Å². The number of carbonyl (C=O) groups excluding carboxylic acids is 1. The summed E-state index contributed by atoms with van der Waals surface area (Å²) in [5.74, 6) is 0.0653. The molecule has 2 heterocycles. The van der Waals surface area contributed by atoms with Gasteiger partial charge in [-0.2, -0.15) is 0 Å². The summed E-state index contributed by atoms with van der Waals surface area (Å²) in [6, 6.07) is 5.52. The minimum absolute atomic E-state index is 0.0653. The number of benzene rings is 1. The first-order valence-corrected chi connectivity index (χ1v) is 10.6. The summed E-state index contributed by atoms with van der Waals surface area (Å²) in [7, 11) is 0. The number of ether oxygens (including phenoxy) is 1. The molecule has 0 spiro atoms. The second-order valence-electron chi connectivity index (χ2n) is 6.83. The van der Waals surface area contributed by atoms with Crippen molar-refractivity contribution in [2.24, 2.45) is 0 Å². The van der Waals surface area contributed by atoms with E-state index in [0.29, 0.717) is 29.7 Å². The Morgan fingerprint density at radius 2 is 2.22 bits per heavy atom. The van der Waals surface area contributed by atoms with Crippen LogP contribution in [0.1, 0.15) is 38.5 Å². The molecule has 2 aromatic rings.